The highest BCUT2D eigenvalue weighted by molar-refractivity contribution is 5.31. The second kappa shape index (κ2) is 3.03. The van der Waals surface area contributed by atoms with E-state index in [0.717, 1.165) is 5.69 Å². The third-order valence-electron chi connectivity index (χ3n) is 3.55. The first-order chi connectivity index (χ1) is 6.83. The lowest BCUT2D eigenvalue weighted by atomic mass is 9.67. The van der Waals surface area contributed by atoms with Gasteiger partial charge in [0.25, 0.3) is 0 Å². The highest BCUT2D eigenvalue weighted by Gasteiger charge is 2.39. The molecule has 2 nitrogen and oxygen atoms in total. The molecule has 0 aliphatic heterocycles. The summed E-state index contributed by atoms with van der Waals surface area (Å²) in [4.78, 5) is 9.30. The molecule has 0 atom stereocenters. The third kappa shape index (κ3) is 1.66. The minimum Gasteiger partial charge on any atom is -0.257 e. The molecule has 0 saturated heterocycles. The molecule has 0 unspecified atom stereocenters. The number of fused-ring (bicyclic) bond motifs is 1. The van der Waals surface area contributed by atoms with Gasteiger partial charge >= 0.3 is 0 Å². The largest absolute Gasteiger partial charge is 0.257 e. The Kier molecular flexibility index (Phi) is 2.14. The maximum atomic E-state index is 4.70. The molecule has 0 saturated carbocycles. The highest BCUT2D eigenvalue weighted by atomic mass is 14.9. The Morgan fingerprint density at radius 2 is 1.53 bits per heavy atom. The topological polar surface area (TPSA) is 25.8 Å². The molecule has 0 fully saturated rings. The van der Waals surface area contributed by atoms with E-state index >= 15 is 0 Å². The summed E-state index contributed by atoms with van der Waals surface area (Å²) in [5, 5.41) is 0. The number of aryl methyl sites for hydroxylation is 1. The predicted octanol–water partition coefficient (Wildman–Crippen LogP) is 3.13. The second-order valence-electron chi connectivity index (χ2n) is 5.98. The van der Waals surface area contributed by atoms with Crippen molar-refractivity contribution in [2.24, 2.45) is 0 Å². The number of rotatable bonds is 0. The normalized spacial score (nSPS) is 22.2. The van der Waals surface area contributed by atoms with Gasteiger partial charge in [-0.2, -0.15) is 0 Å². The van der Waals surface area contributed by atoms with E-state index in [-0.39, 0.29) is 10.8 Å². The van der Waals surface area contributed by atoms with Crippen molar-refractivity contribution in [3.8, 4) is 0 Å². The van der Waals surface area contributed by atoms with Crippen LogP contribution in [0.1, 0.15) is 57.6 Å². The van der Waals surface area contributed by atoms with Crippen LogP contribution in [0.25, 0.3) is 0 Å². The molecule has 1 heterocycles. The average Bonchev–Trinajstić information content (AvgIpc) is 2.13. The molecule has 1 aliphatic carbocycles. The Balaban J connectivity index is 2.64. The van der Waals surface area contributed by atoms with Crippen molar-refractivity contribution in [2.75, 3.05) is 0 Å². The molecule has 0 amide bonds. The SMILES string of the molecule is Cc1cnc2c(n1)C(C)(C)CCC2(C)C. The zero-order valence-electron chi connectivity index (χ0n) is 10.4. The second-order valence-corrected chi connectivity index (χ2v) is 5.98. The molecule has 82 valence electrons. The van der Waals surface area contributed by atoms with E-state index in [2.05, 4.69) is 32.7 Å². The van der Waals surface area contributed by atoms with Crippen LogP contribution < -0.4 is 0 Å². The van der Waals surface area contributed by atoms with E-state index in [0.29, 0.717) is 0 Å². The summed E-state index contributed by atoms with van der Waals surface area (Å²) in [5.74, 6) is 0. The van der Waals surface area contributed by atoms with Crippen molar-refractivity contribution in [2.45, 2.75) is 58.3 Å². The Morgan fingerprint density at radius 1 is 1.00 bits per heavy atom. The molecule has 2 rings (SSSR count). The minimum atomic E-state index is 0.184. The van der Waals surface area contributed by atoms with Crippen molar-refractivity contribution < 1.29 is 0 Å². The van der Waals surface area contributed by atoms with Crippen LogP contribution in [0.15, 0.2) is 6.20 Å². The predicted molar refractivity (Wildman–Crippen MR) is 62.1 cm³/mol. The summed E-state index contributed by atoms with van der Waals surface area (Å²) >= 11 is 0. The van der Waals surface area contributed by atoms with Crippen molar-refractivity contribution in [3.63, 3.8) is 0 Å². The molecule has 0 aromatic carbocycles. The fraction of sp³-hybridized carbons (Fsp3) is 0.692. The van der Waals surface area contributed by atoms with E-state index in [9.17, 15) is 0 Å². The van der Waals surface area contributed by atoms with E-state index in [1.807, 2.05) is 13.1 Å². The monoisotopic (exact) mass is 204 g/mol. The fourth-order valence-corrected chi connectivity index (χ4v) is 2.31. The van der Waals surface area contributed by atoms with Crippen LogP contribution >= 0.6 is 0 Å². The first-order valence-electron chi connectivity index (χ1n) is 5.67. The van der Waals surface area contributed by atoms with E-state index in [4.69, 9.17) is 4.98 Å². The van der Waals surface area contributed by atoms with Gasteiger partial charge in [0.15, 0.2) is 0 Å². The van der Waals surface area contributed by atoms with E-state index < -0.39 is 0 Å². The zero-order valence-corrected chi connectivity index (χ0v) is 10.4. The maximum Gasteiger partial charge on any atom is 0.0683 e. The van der Waals surface area contributed by atoms with Crippen LogP contribution in [0.4, 0.5) is 0 Å². The molecule has 1 aromatic heterocycles. The molecule has 1 aliphatic rings. The summed E-state index contributed by atoms with van der Waals surface area (Å²) < 4.78 is 0. The molecule has 0 N–H and O–H groups in total. The lowest BCUT2D eigenvalue weighted by Gasteiger charge is -2.39. The van der Waals surface area contributed by atoms with Crippen molar-refractivity contribution in [3.05, 3.63) is 23.3 Å². The van der Waals surface area contributed by atoms with Crippen LogP contribution in [0.3, 0.4) is 0 Å². The number of hydrogen-bond acceptors (Lipinski definition) is 2. The van der Waals surface area contributed by atoms with Gasteiger partial charge < -0.3 is 0 Å². The van der Waals surface area contributed by atoms with Crippen molar-refractivity contribution in [1.29, 1.82) is 0 Å². The van der Waals surface area contributed by atoms with Gasteiger partial charge in [-0.05, 0) is 19.8 Å². The van der Waals surface area contributed by atoms with Gasteiger partial charge in [-0.15, -0.1) is 0 Å². The third-order valence-corrected chi connectivity index (χ3v) is 3.55. The molecular weight excluding hydrogens is 184 g/mol. The first-order valence-corrected chi connectivity index (χ1v) is 5.67. The van der Waals surface area contributed by atoms with Crippen LogP contribution in [0.2, 0.25) is 0 Å². The minimum absolute atomic E-state index is 0.184. The Bertz CT molecular complexity index is 392. The van der Waals surface area contributed by atoms with E-state index in [1.54, 1.807) is 0 Å². The Morgan fingerprint density at radius 3 is 2.13 bits per heavy atom. The molecule has 2 heteroatoms. The summed E-state index contributed by atoms with van der Waals surface area (Å²) in [6, 6.07) is 0. The van der Waals surface area contributed by atoms with Crippen LogP contribution in [-0.2, 0) is 10.8 Å². The smallest absolute Gasteiger partial charge is 0.0683 e. The van der Waals surface area contributed by atoms with Crippen molar-refractivity contribution in [1.82, 2.24) is 9.97 Å². The van der Waals surface area contributed by atoms with Gasteiger partial charge in [0.1, 0.15) is 0 Å². The van der Waals surface area contributed by atoms with Gasteiger partial charge in [-0.1, -0.05) is 27.7 Å². The van der Waals surface area contributed by atoms with Gasteiger partial charge in [0.2, 0.25) is 0 Å². The molecule has 0 spiro atoms. The molecule has 0 bridgehead atoms. The summed E-state index contributed by atoms with van der Waals surface area (Å²) in [5.41, 5.74) is 3.80. The zero-order chi connectivity index (χ0) is 11.3. The summed E-state index contributed by atoms with van der Waals surface area (Å²) in [6.07, 6.45) is 4.29. The van der Waals surface area contributed by atoms with Crippen LogP contribution in [-0.4, -0.2) is 9.97 Å². The first kappa shape index (κ1) is 10.6. The summed E-state index contributed by atoms with van der Waals surface area (Å²) in [6.45, 7) is 11.1. The lowest BCUT2D eigenvalue weighted by molar-refractivity contribution is 0.313. The highest BCUT2D eigenvalue weighted by Crippen LogP contribution is 2.43. The lowest BCUT2D eigenvalue weighted by Crippen LogP contribution is -2.36. The fourth-order valence-electron chi connectivity index (χ4n) is 2.31. The number of nitrogens with zero attached hydrogens (tertiary/aromatic N) is 2. The summed E-state index contributed by atoms with van der Waals surface area (Å²) in [7, 11) is 0. The van der Waals surface area contributed by atoms with Crippen molar-refractivity contribution >= 4 is 0 Å². The van der Waals surface area contributed by atoms with Crippen LogP contribution in [0.5, 0.6) is 0 Å². The van der Waals surface area contributed by atoms with Gasteiger partial charge in [0, 0.05) is 17.0 Å². The van der Waals surface area contributed by atoms with Gasteiger partial charge in [-0.25, -0.2) is 0 Å². The number of hydrogen-bond donors (Lipinski definition) is 0. The van der Waals surface area contributed by atoms with Crippen LogP contribution in [0, 0.1) is 6.92 Å². The quantitative estimate of drug-likeness (QED) is 0.649. The number of aromatic nitrogens is 2. The standard InChI is InChI=1S/C13H20N2/c1-9-8-14-10-11(15-9)13(4,5)7-6-12(10,2)3/h8H,6-7H2,1-5H3. The molecule has 0 radical (unpaired) electrons. The molecule has 1 aromatic rings. The maximum absolute atomic E-state index is 4.70. The van der Waals surface area contributed by atoms with Gasteiger partial charge in [0.05, 0.1) is 17.1 Å². The molecular formula is C13H20N2. The Hall–Kier alpha value is -0.920. The molecule has 15 heavy (non-hydrogen) atoms. The van der Waals surface area contributed by atoms with Gasteiger partial charge in [-0.3, -0.25) is 9.97 Å². The average molecular weight is 204 g/mol. The Labute approximate surface area is 92.1 Å². The van der Waals surface area contributed by atoms with E-state index in [1.165, 1.54) is 24.2 Å².